The van der Waals surface area contributed by atoms with E-state index in [1.54, 1.807) is 0 Å². The number of aliphatic carboxylic acids is 1. The second-order valence-electron chi connectivity index (χ2n) is 4.84. The van der Waals surface area contributed by atoms with Gasteiger partial charge in [-0.2, -0.15) is 0 Å². The Morgan fingerprint density at radius 2 is 1.89 bits per heavy atom. The van der Waals surface area contributed by atoms with Crippen molar-refractivity contribution in [3.63, 3.8) is 0 Å². The highest BCUT2D eigenvalue weighted by Gasteiger charge is 2.42. The number of carboxylic acids is 1. The van der Waals surface area contributed by atoms with Crippen LogP contribution in [0.1, 0.15) is 48.0 Å². The molecule has 0 bridgehead atoms. The van der Waals surface area contributed by atoms with E-state index in [1.807, 2.05) is 0 Å². The predicted molar refractivity (Wildman–Crippen MR) is 65.9 cm³/mol. The van der Waals surface area contributed by atoms with Gasteiger partial charge in [0.15, 0.2) is 0 Å². The highest BCUT2D eigenvalue weighted by Crippen LogP contribution is 2.41. The van der Waals surface area contributed by atoms with Gasteiger partial charge in [-0.05, 0) is 36.6 Å². The summed E-state index contributed by atoms with van der Waals surface area (Å²) in [5, 5.41) is 19.1. The monoisotopic (exact) mass is 248 g/mol. The summed E-state index contributed by atoms with van der Waals surface area (Å²) in [7, 11) is 0. The van der Waals surface area contributed by atoms with E-state index in [9.17, 15) is 19.8 Å². The number of carboxylic acid groups (broad SMARTS) is 1. The molecule has 1 fully saturated rings. The number of aromatic hydroxyl groups is 1. The molecule has 0 aliphatic heterocycles. The Hall–Kier alpha value is -1.84. The van der Waals surface area contributed by atoms with Gasteiger partial charge in [-0.1, -0.05) is 19.3 Å². The van der Waals surface area contributed by atoms with Crippen LogP contribution in [0.2, 0.25) is 0 Å². The minimum absolute atomic E-state index is 0.00167. The van der Waals surface area contributed by atoms with Crippen LogP contribution in [-0.4, -0.2) is 22.5 Å². The third-order valence-corrected chi connectivity index (χ3v) is 3.80. The minimum Gasteiger partial charge on any atom is -0.508 e. The zero-order chi connectivity index (χ0) is 13.2. The first-order valence-electron chi connectivity index (χ1n) is 6.12. The van der Waals surface area contributed by atoms with Gasteiger partial charge in [0.25, 0.3) is 0 Å². The number of carbonyl (C=O) groups is 2. The van der Waals surface area contributed by atoms with Gasteiger partial charge in [0.1, 0.15) is 12.0 Å². The van der Waals surface area contributed by atoms with E-state index in [-0.39, 0.29) is 5.75 Å². The highest BCUT2D eigenvalue weighted by atomic mass is 16.4. The Morgan fingerprint density at radius 1 is 1.22 bits per heavy atom. The summed E-state index contributed by atoms with van der Waals surface area (Å²) in [6, 6.07) is 4.31. The Bertz CT molecular complexity index is 473. The first kappa shape index (κ1) is 12.6. The van der Waals surface area contributed by atoms with E-state index in [4.69, 9.17) is 0 Å². The molecule has 4 nitrogen and oxygen atoms in total. The molecule has 0 heterocycles. The summed E-state index contributed by atoms with van der Waals surface area (Å²) in [5.74, 6) is -0.905. The zero-order valence-corrected chi connectivity index (χ0v) is 10.1. The molecular weight excluding hydrogens is 232 g/mol. The molecule has 0 unspecified atom stereocenters. The second-order valence-corrected chi connectivity index (χ2v) is 4.84. The number of carbonyl (C=O) groups excluding carboxylic acids is 1. The van der Waals surface area contributed by atoms with E-state index < -0.39 is 11.4 Å². The molecule has 0 aromatic heterocycles. The summed E-state index contributed by atoms with van der Waals surface area (Å²) < 4.78 is 0. The number of benzene rings is 1. The number of aldehydes is 1. The molecule has 2 rings (SSSR count). The fourth-order valence-corrected chi connectivity index (χ4v) is 2.82. The number of phenolic OH excluding ortho intramolecular Hbond substituents is 1. The van der Waals surface area contributed by atoms with Gasteiger partial charge in [0, 0.05) is 5.56 Å². The van der Waals surface area contributed by atoms with Gasteiger partial charge in [0.05, 0.1) is 5.41 Å². The van der Waals surface area contributed by atoms with Crippen molar-refractivity contribution >= 4 is 12.3 Å². The van der Waals surface area contributed by atoms with Crippen LogP contribution in [0.5, 0.6) is 5.75 Å². The van der Waals surface area contributed by atoms with Crippen LogP contribution in [0.15, 0.2) is 18.2 Å². The Balaban J connectivity index is 2.57. The predicted octanol–water partition coefficient (Wildman–Crippen LogP) is 2.49. The summed E-state index contributed by atoms with van der Waals surface area (Å²) in [6.45, 7) is 0. The molecule has 1 aliphatic rings. The van der Waals surface area contributed by atoms with E-state index in [0.717, 1.165) is 19.3 Å². The van der Waals surface area contributed by atoms with Crippen LogP contribution in [0.25, 0.3) is 0 Å². The third-order valence-electron chi connectivity index (χ3n) is 3.80. The molecule has 0 saturated heterocycles. The van der Waals surface area contributed by atoms with Crippen molar-refractivity contribution in [2.45, 2.75) is 37.5 Å². The molecule has 0 atom stereocenters. The van der Waals surface area contributed by atoms with Crippen molar-refractivity contribution in [1.29, 1.82) is 0 Å². The number of hydrogen-bond donors (Lipinski definition) is 2. The maximum atomic E-state index is 11.7. The minimum atomic E-state index is -1.02. The van der Waals surface area contributed by atoms with Crippen LogP contribution < -0.4 is 0 Å². The van der Waals surface area contributed by atoms with Crippen molar-refractivity contribution in [1.82, 2.24) is 0 Å². The SMILES string of the molecule is O=Cc1ccc(O)cc1C1(C(=O)O)CCCCC1. The lowest BCUT2D eigenvalue weighted by Gasteiger charge is -2.34. The van der Waals surface area contributed by atoms with E-state index in [0.29, 0.717) is 30.3 Å². The van der Waals surface area contributed by atoms with Gasteiger partial charge >= 0.3 is 5.97 Å². The molecular formula is C14H16O4. The van der Waals surface area contributed by atoms with Crippen molar-refractivity contribution in [2.75, 3.05) is 0 Å². The largest absolute Gasteiger partial charge is 0.508 e. The molecule has 1 aromatic rings. The van der Waals surface area contributed by atoms with Crippen LogP contribution in [0.3, 0.4) is 0 Å². The van der Waals surface area contributed by atoms with Crippen LogP contribution in [0, 0.1) is 0 Å². The number of phenols is 1. The van der Waals surface area contributed by atoms with Crippen LogP contribution >= 0.6 is 0 Å². The lowest BCUT2D eigenvalue weighted by molar-refractivity contribution is -0.145. The van der Waals surface area contributed by atoms with Gasteiger partial charge in [-0.25, -0.2) is 0 Å². The summed E-state index contributed by atoms with van der Waals surface area (Å²) in [5.41, 5.74) is -0.213. The Morgan fingerprint density at radius 3 is 2.44 bits per heavy atom. The fraction of sp³-hybridized carbons (Fsp3) is 0.429. The molecule has 4 heteroatoms. The molecule has 1 aliphatic carbocycles. The van der Waals surface area contributed by atoms with Crippen LogP contribution in [0.4, 0.5) is 0 Å². The topological polar surface area (TPSA) is 74.6 Å². The normalized spacial score (nSPS) is 18.2. The van der Waals surface area contributed by atoms with Crippen molar-refractivity contribution in [3.05, 3.63) is 29.3 Å². The first-order chi connectivity index (χ1) is 8.60. The van der Waals surface area contributed by atoms with Gasteiger partial charge in [0.2, 0.25) is 0 Å². The fourth-order valence-electron chi connectivity index (χ4n) is 2.82. The van der Waals surface area contributed by atoms with Gasteiger partial charge in [-0.15, -0.1) is 0 Å². The summed E-state index contributed by atoms with van der Waals surface area (Å²) >= 11 is 0. The Kier molecular flexibility index (Phi) is 3.36. The molecule has 0 spiro atoms. The lowest BCUT2D eigenvalue weighted by Crippen LogP contribution is -2.38. The Labute approximate surface area is 105 Å². The molecule has 0 amide bonds. The molecule has 2 N–H and O–H groups in total. The molecule has 18 heavy (non-hydrogen) atoms. The third kappa shape index (κ3) is 1.98. The standard InChI is InChI=1S/C14H16O4/c15-9-10-4-5-11(16)8-12(10)14(13(17)18)6-2-1-3-7-14/h4-5,8-9,16H,1-3,6-7H2,(H,17,18). The number of rotatable bonds is 3. The molecule has 0 radical (unpaired) electrons. The van der Waals surface area contributed by atoms with Crippen LogP contribution in [-0.2, 0) is 10.2 Å². The van der Waals surface area contributed by atoms with Gasteiger partial charge in [-0.3, -0.25) is 9.59 Å². The highest BCUT2D eigenvalue weighted by molar-refractivity contribution is 5.87. The zero-order valence-electron chi connectivity index (χ0n) is 10.1. The summed E-state index contributed by atoms with van der Waals surface area (Å²) in [6.07, 6.45) is 4.39. The average molecular weight is 248 g/mol. The van der Waals surface area contributed by atoms with Crippen molar-refractivity contribution in [3.8, 4) is 5.75 Å². The lowest BCUT2D eigenvalue weighted by atomic mass is 9.68. The first-order valence-corrected chi connectivity index (χ1v) is 6.12. The van der Waals surface area contributed by atoms with Crippen molar-refractivity contribution in [2.24, 2.45) is 0 Å². The van der Waals surface area contributed by atoms with E-state index in [1.165, 1.54) is 18.2 Å². The average Bonchev–Trinajstić information content (AvgIpc) is 2.39. The second kappa shape index (κ2) is 4.80. The number of hydrogen-bond acceptors (Lipinski definition) is 3. The maximum absolute atomic E-state index is 11.7. The summed E-state index contributed by atoms with van der Waals surface area (Å²) in [4.78, 5) is 22.7. The smallest absolute Gasteiger partial charge is 0.314 e. The van der Waals surface area contributed by atoms with Crippen molar-refractivity contribution < 1.29 is 19.8 Å². The van der Waals surface area contributed by atoms with Gasteiger partial charge < -0.3 is 10.2 Å². The quantitative estimate of drug-likeness (QED) is 0.806. The van der Waals surface area contributed by atoms with E-state index in [2.05, 4.69) is 0 Å². The molecule has 1 saturated carbocycles. The van der Waals surface area contributed by atoms with E-state index >= 15 is 0 Å². The molecule has 1 aromatic carbocycles. The molecule has 96 valence electrons. The maximum Gasteiger partial charge on any atom is 0.314 e.